The Morgan fingerprint density at radius 2 is 2.17 bits per heavy atom. The van der Waals surface area contributed by atoms with Crippen molar-refractivity contribution in [3.63, 3.8) is 0 Å². The number of carbonyl (C=O) groups is 2. The van der Waals surface area contributed by atoms with Gasteiger partial charge < -0.3 is 5.32 Å². The molecule has 2 aromatic heterocycles. The van der Waals surface area contributed by atoms with Crippen LogP contribution in [-0.2, 0) is 11.8 Å². The Morgan fingerprint density at radius 1 is 1.48 bits per heavy atom. The second kappa shape index (κ2) is 6.92. The molecule has 2 rings (SSSR count). The first-order valence-corrected chi connectivity index (χ1v) is 8.40. The molecule has 0 aromatic carbocycles. The van der Waals surface area contributed by atoms with Crippen molar-refractivity contribution in [2.75, 3.05) is 6.54 Å². The molecule has 1 unspecified atom stereocenters. The van der Waals surface area contributed by atoms with Gasteiger partial charge in [-0.25, -0.2) is 0 Å². The van der Waals surface area contributed by atoms with E-state index in [2.05, 4.69) is 10.4 Å². The molecule has 7 heteroatoms. The lowest BCUT2D eigenvalue weighted by Gasteiger charge is -2.07. The molecule has 1 atom stereocenters. The smallest absolute Gasteiger partial charge is 0.245 e. The molecule has 6 nitrogen and oxygen atoms in total. The number of hydrogen-bond acceptors (Lipinski definition) is 5. The summed E-state index contributed by atoms with van der Waals surface area (Å²) in [5.74, 6) is -2.04. The van der Waals surface area contributed by atoms with Gasteiger partial charge in [0, 0.05) is 19.0 Å². The maximum atomic E-state index is 12.5. The molecule has 0 spiro atoms. The highest BCUT2D eigenvalue weighted by Crippen LogP contribution is 2.32. The molecular weight excluding hydrogens is 312 g/mol. The zero-order valence-corrected chi connectivity index (χ0v) is 14.5. The summed E-state index contributed by atoms with van der Waals surface area (Å²) in [6.45, 7) is 6.45. The van der Waals surface area contributed by atoms with Crippen LogP contribution in [0.15, 0.2) is 6.07 Å². The number of carbonyl (C=O) groups excluding carboxylic acids is 2. The number of nitriles is 1. The molecule has 0 fully saturated rings. The number of rotatable bonds is 6. The molecule has 1 N–H and O–H groups in total. The highest BCUT2D eigenvalue weighted by Gasteiger charge is 2.29. The molecular formula is C16H20N4O2S. The van der Waals surface area contributed by atoms with Gasteiger partial charge in [0.1, 0.15) is 4.83 Å². The molecule has 1 amide bonds. The number of nitrogens with one attached hydrogen (secondary N) is 1. The van der Waals surface area contributed by atoms with Crippen LogP contribution in [0.25, 0.3) is 10.2 Å². The Bertz CT molecular complexity index is 782. The fourth-order valence-electron chi connectivity index (χ4n) is 2.34. The second-order valence-electron chi connectivity index (χ2n) is 5.71. The van der Waals surface area contributed by atoms with Crippen LogP contribution in [0.1, 0.15) is 48.5 Å². The molecule has 0 aliphatic heterocycles. The second-order valence-corrected chi connectivity index (χ2v) is 6.74. The monoisotopic (exact) mass is 332 g/mol. The fourth-order valence-corrected chi connectivity index (χ4v) is 3.39. The van der Waals surface area contributed by atoms with Gasteiger partial charge in [0.2, 0.25) is 5.91 Å². The van der Waals surface area contributed by atoms with Crippen LogP contribution in [0.4, 0.5) is 0 Å². The van der Waals surface area contributed by atoms with Crippen LogP contribution in [-0.4, -0.2) is 28.0 Å². The number of ketones is 1. The van der Waals surface area contributed by atoms with Crippen molar-refractivity contribution in [2.24, 2.45) is 13.0 Å². The first-order valence-electron chi connectivity index (χ1n) is 7.58. The number of aryl methyl sites for hydroxylation is 1. The molecule has 0 aliphatic carbocycles. The van der Waals surface area contributed by atoms with E-state index in [1.54, 1.807) is 10.7 Å². The van der Waals surface area contributed by atoms with Crippen molar-refractivity contribution in [2.45, 2.75) is 33.1 Å². The van der Waals surface area contributed by atoms with Gasteiger partial charge in [0.15, 0.2) is 11.7 Å². The predicted octanol–water partition coefficient (Wildman–Crippen LogP) is 2.61. The summed E-state index contributed by atoms with van der Waals surface area (Å²) >= 11 is 1.27. The van der Waals surface area contributed by atoms with Gasteiger partial charge in [-0.2, -0.15) is 10.4 Å². The Labute approximate surface area is 139 Å². The van der Waals surface area contributed by atoms with E-state index in [1.165, 1.54) is 11.3 Å². The lowest BCUT2D eigenvalue weighted by atomic mass is 10.0. The molecule has 122 valence electrons. The SMILES string of the molecule is CCCNC(=O)C(C#N)C(=O)c1cc2c(C(C)C)nn(C)c2s1. The van der Waals surface area contributed by atoms with Crippen molar-refractivity contribution in [3.05, 3.63) is 16.6 Å². The molecule has 0 aliphatic rings. The van der Waals surface area contributed by atoms with Crippen LogP contribution >= 0.6 is 11.3 Å². The van der Waals surface area contributed by atoms with Crippen LogP contribution in [0.2, 0.25) is 0 Å². The van der Waals surface area contributed by atoms with E-state index < -0.39 is 17.6 Å². The Balaban J connectivity index is 2.35. The van der Waals surface area contributed by atoms with Gasteiger partial charge in [0.05, 0.1) is 16.6 Å². The number of fused-ring (bicyclic) bond motifs is 1. The van der Waals surface area contributed by atoms with E-state index in [1.807, 2.05) is 33.9 Å². The summed E-state index contributed by atoms with van der Waals surface area (Å²) in [7, 11) is 1.83. The maximum Gasteiger partial charge on any atom is 0.245 e. The maximum absolute atomic E-state index is 12.5. The molecule has 0 saturated heterocycles. The van der Waals surface area contributed by atoms with Gasteiger partial charge in [-0.3, -0.25) is 14.3 Å². The number of thiophene rings is 1. The van der Waals surface area contributed by atoms with Crippen LogP contribution in [0, 0.1) is 17.2 Å². The average molecular weight is 332 g/mol. The first kappa shape index (κ1) is 17.2. The number of aromatic nitrogens is 2. The quantitative estimate of drug-likeness (QED) is 0.650. The van der Waals surface area contributed by atoms with Crippen molar-refractivity contribution >= 4 is 33.2 Å². The third-order valence-electron chi connectivity index (χ3n) is 3.53. The fraction of sp³-hybridized carbons (Fsp3) is 0.500. The van der Waals surface area contributed by atoms with Crippen molar-refractivity contribution < 1.29 is 9.59 Å². The van der Waals surface area contributed by atoms with Crippen molar-refractivity contribution in [3.8, 4) is 6.07 Å². The lowest BCUT2D eigenvalue weighted by molar-refractivity contribution is -0.122. The minimum Gasteiger partial charge on any atom is -0.355 e. The number of hydrogen-bond donors (Lipinski definition) is 1. The zero-order valence-electron chi connectivity index (χ0n) is 13.7. The minimum atomic E-state index is -1.30. The normalized spacial score (nSPS) is 12.3. The van der Waals surface area contributed by atoms with E-state index in [9.17, 15) is 14.9 Å². The minimum absolute atomic E-state index is 0.232. The van der Waals surface area contributed by atoms with Gasteiger partial charge in [-0.15, -0.1) is 11.3 Å². The topological polar surface area (TPSA) is 87.8 Å². The van der Waals surface area contributed by atoms with Gasteiger partial charge in [0.25, 0.3) is 0 Å². The van der Waals surface area contributed by atoms with E-state index >= 15 is 0 Å². The summed E-state index contributed by atoms with van der Waals surface area (Å²) in [5, 5.41) is 17.2. The average Bonchev–Trinajstić information content (AvgIpc) is 3.06. The van der Waals surface area contributed by atoms with Crippen LogP contribution in [0.3, 0.4) is 0 Å². The third kappa shape index (κ3) is 3.27. The summed E-state index contributed by atoms with van der Waals surface area (Å²) in [6.07, 6.45) is 0.754. The Hall–Kier alpha value is -2.20. The standard InChI is InChI=1S/C16H20N4O2S/c1-5-6-18-15(22)11(8-17)14(21)12-7-10-13(9(2)3)19-20(4)16(10)23-12/h7,9,11H,5-6H2,1-4H3,(H,18,22). The number of nitrogens with zero attached hydrogens (tertiary/aromatic N) is 3. The van der Waals surface area contributed by atoms with Gasteiger partial charge >= 0.3 is 0 Å². The van der Waals surface area contributed by atoms with Crippen molar-refractivity contribution in [1.82, 2.24) is 15.1 Å². The molecule has 0 bridgehead atoms. The van der Waals surface area contributed by atoms with Gasteiger partial charge in [-0.1, -0.05) is 20.8 Å². The number of Topliss-reactive ketones (excluding diaryl/α,β-unsaturated/α-hetero) is 1. The molecule has 2 heterocycles. The molecule has 23 heavy (non-hydrogen) atoms. The predicted molar refractivity (Wildman–Crippen MR) is 89.4 cm³/mol. The van der Waals surface area contributed by atoms with E-state index in [-0.39, 0.29) is 5.92 Å². The van der Waals surface area contributed by atoms with E-state index in [4.69, 9.17) is 0 Å². The van der Waals surface area contributed by atoms with Crippen LogP contribution < -0.4 is 5.32 Å². The summed E-state index contributed by atoms with van der Waals surface area (Å²) in [4.78, 5) is 25.8. The zero-order chi connectivity index (χ0) is 17.1. The van der Waals surface area contributed by atoms with E-state index in [0.29, 0.717) is 11.4 Å². The van der Waals surface area contributed by atoms with E-state index in [0.717, 1.165) is 22.3 Å². The molecule has 0 saturated carbocycles. The summed E-state index contributed by atoms with van der Waals surface area (Å²) < 4.78 is 1.74. The molecule has 2 aromatic rings. The van der Waals surface area contributed by atoms with Crippen LogP contribution in [0.5, 0.6) is 0 Å². The summed E-state index contributed by atoms with van der Waals surface area (Å²) in [6, 6.07) is 3.57. The van der Waals surface area contributed by atoms with Crippen molar-refractivity contribution in [1.29, 1.82) is 5.26 Å². The Kier molecular flexibility index (Phi) is 5.16. The molecule has 0 radical (unpaired) electrons. The highest BCUT2D eigenvalue weighted by molar-refractivity contribution is 7.20. The largest absolute Gasteiger partial charge is 0.355 e. The third-order valence-corrected chi connectivity index (χ3v) is 4.75. The lowest BCUT2D eigenvalue weighted by Crippen LogP contribution is -2.34. The summed E-state index contributed by atoms with van der Waals surface area (Å²) in [5.41, 5.74) is 0.918. The Morgan fingerprint density at radius 3 is 2.74 bits per heavy atom. The van der Waals surface area contributed by atoms with Gasteiger partial charge in [-0.05, 0) is 18.4 Å². The first-order chi connectivity index (χ1) is 10.9. The highest BCUT2D eigenvalue weighted by atomic mass is 32.1. The number of amides is 1.